The number of nitrogens with one attached hydrogen (secondary N) is 1. The Labute approximate surface area is 108 Å². The number of benzene rings is 1. The molecule has 1 aliphatic rings. The third-order valence-electron chi connectivity index (χ3n) is 3.11. The third kappa shape index (κ3) is 3.55. The van der Waals surface area contributed by atoms with E-state index in [1.165, 1.54) is 5.56 Å². The standard InChI is InChI=1S/C14H20N2O2/c15-9-1-3-11-5-7-12(8-6-11)16-14(17)13-4-2-10-18-13/h5-8,13H,1-4,9-10,15H2,(H,16,17). The predicted molar refractivity (Wildman–Crippen MR) is 71.4 cm³/mol. The lowest BCUT2D eigenvalue weighted by Gasteiger charge is -2.10. The first-order valence-electron chi connectivity index (χ1n) is 6.51. The van der Waals surface area contributed by atoms with E-state index >= 15 is 0 Å². The molecule has 0 aromatic heterocycles. The summed E-state index contributed by atoms with van der Waals surface area (Å²) in [5.41, 5.74) is 7.54. The lowest BCUT2D eigenvalue weighted by Crippen LogP contribution is -2.26. The number of carbonyl (C=O) groups excluding carboxylic acids is 1. The van der Waals surface area contributed by atoms with Crippen molar-refractivity contribution in [3.63, 3.8) is 0 Å². The summed E-state index contributed by atoms with van der Waals surface area (Å²) in [5.74, 6) is -0.0396. The van der Waals surface area contributed by atoms with Crippen LogP contribution in [0.5, 0.6) is 0 Å². The number of ether oxygens (including phenoxy) is 1. The largest absolute Gasteiger partial charge is 0.368 e. The Morgan fingerprint density at radius 2 is 2.17 bits per heavy atom. The zero-order chi connectivity index (χ0) is 12.8. The molecule has 0 radical (unpaired) electrons. The van der Waals surface area contributed by atoms with Crippen molar-refractivity contribution in [2.45, 2.75) is 31.8 Å². The van der Waals surface area contributed by atoms with E-state index in [0.29, 0.717) is 13.2 Å². The van der Waals surface area contributed by atoms with E-state index in [1.807, 2.05) is 24.3 Å². The molecule has 1 saturated heterocycles. The third-order valence-corrected chi connectivity index (χ3v) is 3.11. The highest BCUT2D eigenvalue weighted by Gasteiger charge is 2.23. The first-order chi connectivity index (χ1) is 8.79. The topological polar surface area (TPSA) is 64.3 Å². The highest BCUT2D eigenvalue weighted by atomic mass is 16.5. The number of carbonyl (C=O) groups is 1. The van der Waals surface area contributed by atoms with Crippen molar-refractivity contribution < 1.29 is 9.53 Å². The molecule has 0 bridgehead atoms. The van der Waals surface area contributed by atoms with Crippen molar-refractivity contribution in [2.24, 2.45) is 5.73 Å². The molecule has 1 heterocycles. The summed E-state index contributed by atoms with van der Waals surface area (Å²) in [6.07, 6.45) is 3.48. The zero-order valence-corrected chi connectivity index (χ0v) is 10.5. The lowest BCUT2D eigenvalue weighted by molar-refractivity contribution is -0.124. The minimum atomic E-state index is -0.276. The average molecular weight is 248 g/mol. The van der Waals surface area contributed by atoms with E-state index in [9.17, 15) is 4.79 Å². The molecule has 0 spiro atoms. The molecule has 1 aliphatic heterocycles. The molecular weight excluding hydrogens is 228 g/mol. The monoisotopic (exact) mass is 248 g/mol. The second-order valence-corrected chi connectivity index (χ2v) is 4.58. The molecule has 0 saturated carbocycles. The average Bonchev–Trinajstić information content (AvgIpc) is 2.92. The minimum absolute atomic E-state index is 0.0396. The number of aryl methyl sites for hydroxylation is 1. The van der Waals surface area contributed by atoms with E-state index in [2.05, 4.69) is 5.32 Å². The molecule has 3 N–H and O–H groups in total. The van der Waals surface area contributed by atoms with Gasteiger partial charge in [-0.15, -0.1) is 0 Å². The van der Waals surface area contributed by atoms with Gasteiger partial charge in [0.15, 0.2) is 0 Å². The van der Waals surface area contributed by atoms with Gasteiger partial charge in [-0.25, -0.2) is 0 Å². The number of rotatable bonds is 5. The minimum Gasteiger partial charge on any atom is -0.368 e. The van der Waals surface area contributed by atoms with Crippen molar-refractivity contribution in [3.05, 3.63) is 29.8 Å². The highest BCUT2D eigenvalue weighted by molar-refractivity contribution is 5.94. The number of nitrogens with two attached hydrogens (primary N) is 1. The van der Waals surface area contributed by atoms with Gasteiger partial charge in [-0.3, -0.25) is 4.79 Å². The molecule has 2 rings (SSSR count). The van der Waals surface area contributed by atoms with Gasteiger partial charge in [-0.2, -0.15) is 0 Å². The summed E-state index contributed by atoms with van der Waals surface area (Å²) in [6, 6.07) is 7.92. The van der Waals surface area contributed by atoms with Crippen LogP contribution in [0.2, 0.25) is 0 Å². The van der Waals surface area contributed by atoms with Crippen molar-refractivity contribution in [1.29, 1.82) is 0 Å². The fourth-order valence-electron chi connectivity index (χ4n) is 2.07. The maximum absolute atomic E-state index is 11.8. The summed E-state index contributed by atoms with van der Waals surface area (Å²) in [6.45, 7) is 1.40. The first-order valence-corrected chi connectivity index (χ1v) is 6.51. The lowest BCUT2D eigenvalue weighted by atomic mass is 10.1. The van der Waals surface area contributed by atoms with Crippen molar-refractivity contribution >= 4 is 11.6 Å². The molecule has 0 aliphatic carbocycles. The summed E-state index contributed by atoms with van der Waals surface area (Å²) >= 11 is 0. The van der Waals surface area contributed by atoms with E-state index in [1.54, 1.807) is 0 Å². The van der Waals surface area contributed by atoms with E-state index < -0.39 is 0 Å². The number of anilines is 1. The van der Waals surface area contributed by atoms with Gasteiger partial charge < -0.3 is 15.8 Å². The van der Waals surface area contributed by atoms with Crippen LogP contribution in [0.25, 0.3) is 0 Å². The van der Waals surface area contributed by atoms with Gasteiger partial charge in [0.25, 0.3) is 5.91 Å². The van der Waals surface area contributed by atoms with Crippen LogP contribution in [0.3, 0.4) is 0 Å². The Morgan fingerprint density at radius 3 is 2.78 bits per heavy atom. The van der Waals surface area contributed by atoms with Crippen LogP contribution in [0.15, 0.2) is 24.3 Å². The fourth-order valence-corrected chi connectivity index (χ4v) is 2.07. The molecule has 1 amide bonds. The maximum Gasteiger partial charge on any atom is 0.253 e. The van der Waals surface area contributed by atoms with E-state index in [0.717, 1.165) is 31.4 Å². The smallest absolute Gasteiger partial charge is 0.253 e. The molecule has 1 unspecified atom stereocenters. The molecule has 1 fully saturated rings. The number of hydrogen-bond acceptors (Lipinski definition) is 3. The van der Waals surface area contributed by atoms with Crippen LogP contribution in [-0.2, 0) is 16.0 Å². The van der Waals surface area contributed by atoms with Crippen LogP contribution in [0.1, 0.15) is 24.8 Å². The Morgan fingerprint density at radius 1 is 1.39 bits per heavy atom. The van der Waals surface area contributed by atoms with Gasteiger partial charge in [0.2, 0.25) is 0 Å². The van der Waals surface area contributed by atoms with Gasteiger partial charge in [-0.05, 0) is 49.9 Å². The first kappa shape index (κ1) is 13.1. The van der Waals surface area contributed by atoms with Crippen LogP contribution in [-0.4, -0.2) is 25.2 Å². The zero-order valence-electron chi connectivity index (χ0n) is 10.5. The maximum atomic E-state index is 11.8. The summed E-state index contributed by atoms with van der Waals surface area (Å²) < 4.78 is 5.34. The second-order valence-electron chi connectivity index (χ2n) is 4.58. The van der Waals surface area contributed by atoms with Crippen molar-refractivity contribution in [2.75, 3.05) is 18.5 Å². The van der Waals surface area contributed by atoms with Gasteiger partial charge in [0.05, 0.1) is 0 Å². The Balaban J connectivity index is 1.87. The number of hydrogen-bond donors (Lipinski definition) is 2. The Bertz CT molecular complexity index is 383. The van der Waals surface area contributed by atoms with Crippen LogP contribution in [0, 0.1) is 0 Å². The van der Waals surface area contributed by atoms with Crippen LogP contribution in [0.4, 0.5) is 5.69 Å². The van der Waals surface area contributed by atoms with Crippen molar-refractivity contribution in [1.82, 2.24) is 0 Å². The Kier molecular flexibility index (Phi) is 4.73. The summed E-state index contributed by atoms with van der Waals surface area (Å²) in [4.78, 5) is 11.8. The summed E-state index contributed by atoms with van der Waals surface area (Å²) in [5, 5.41) is 2.88. The van der Waals surface area contributed by atoms with Gasteiger partial charge >= 0.3 is 0 Å². The molecule has 1 aromatic rings. The second kappa shape index (κ2) is 6.52. The quantitative estimate of drug-likeness (QED) is 0.833. The van der Waals surface area contributed by atoms with E-state index in [4.69, 9.17) is 10.5 Å². The molecule has 98 valence electrons. The molecule has 1 atom stereocenters. The Hall–Kier alpha value is -1.39. The van der Waals surface area contributed by atoms with Crippen LogP contribution < -0.4 is 11.1 Å². The predicted octanol–water partition coefficient (Wildman–Crippen LogP) is 1.70. The molecular formula is C14H20N2O2. The highest BCUT2D eigenvalue weighted by Crippen LogP contribution is 2.16. The normalized spacial score (nSPS) is 18.8. The fraction of sp³-hybridized carbons (Fsp3) is 0.500. The van der Waals surface area contributed by atoms with Gasteiger partial charge in [-0.1, -0.05) is 12.1 Å². The van der Waals surface area contributed by atoms with E-state index in [-0.39, 0.29) is 12.0 Å². The van der Waals surface area contributed by atoms with Gasteiger partial charge in [0, 0.05) is 12.3 Å². The van der Waals surface area contributed by atoms with Gasteiger partial charge in [0.1, 0.15) is 6.10 Å². The molecule has 4 nitrogen and oxygen atoms in total. The molecule has 1 aromatic carbocycles. The van der Waals surface area contributed by atoms with Crippen molar-refractivity contribution in [3.8, 4) is 0 Å². The van der Waals surface area contributed by atoms with Crippen LogP contribution >= 0.6 is 0 Å². The SMILES string of the molecule is NCCCc1ccc(NC(=O)C2CCCO2)cc1. The number of amides is 1. The molecule has 4 heteroatoms. The summed E-state index contributed by atoms with van der Waals surface area (Å²) in [7, 11) is 0. The molecule has 18 heavy (non-hydrogen) atoms.